The molecule has 0 fully saturated rings. The summed E-state index contributed by atoms with van der Waals surface area (Å²) in [6.07, 6.45) is 2.35. The lowest BCUT2D eigenvalue weighted by Gasteiger charge is -2.19. The fourth-order valence-electron chi connectivity index (χ4n) is 4.10. The van der Waals surface area contributed by atoms with E-state index in [0.717, 1.165) is 11.8 Å². The Hall–Kier alpha value is -4.32. The fraction of sp³-hybridized carbons (Fsp3) is 0.208. The highest BCUT2D eigenvalue weighted by atomic mass is 35.5. The molecule has 0 bridgehead atoms. The summed E-state index contributed by atoms with van der Waals surface area (Å²) in [4.78, 5) is 31.5. The number of hydrogen-bond acceptors (Lipinski definition) is 8. The van der Waals surface area contributed by atoms with Crippen molar-refractivity contribution in [3.8, 4) is 22.8 Å². The monoisotopic (exact) mass is 528 g/mol. The van der Waals surface area contributed by atoms with Crippen LogP contribution in [0.4, 0.5) is 14.5 Å². The molecule has 0 radical (unpaired) electrons. The van der Waals surface area contributed by atoms with Gasteiger partial charge in [0.25, 0.3) is 0 Å². The molecule has 0 aliphatic rings. The van der Waals surface area contributed by atoms with E-state index in [1.165, 1.54) is 6.20 Å². The average molecular weight is 529 g/mol. The van der Waals surface area contributed by atoms with Gasteiger partial charge in [0, 0.05) is 17.3 Å². The lowest BCUT2D eigenvalue weighted by molar-refractivity contribution is 0.0566. The molecule has 1 aromatic carbocycles. The summed E-state index contributed by atoms with van der Waals surface area (Å²) in [5.74, 6) is -0.521. The first-order valence-corrected chi connectivity index (χ1v) is 11.4. The Morgan fingerprint density at radius 2 is 1.97 bits per heavy atom. The standard InChI is InChI=1S/C24H19ClF2N6O4/c1-10-6-14(12(3)29-16-4-5-17(25)30-18(16)22-31-24(35)37-32-22)21-15(7-10)19(34)11(2)20(36-21)13-8-28-33(9-13)23(26)27/h4-9,12,23,29H,1-3H3,(H,31,32,35). The van der Waals surface area contributed by atoms with Crippen molar-refractivity contribution >= 4 is 28.3 Å². The van der Waals surface area contributed by atoms with Crippen molar-refractivity contribution in [2.24, 2.45) is 0 Å². The number of nitrogens with one attached hydrogen (secondary N) is 2. The van der Waals surface area contributed by atoms with Crippen molar-refractivity contribution in [2.45, 2.75) is 33.4 Å². The van der Waals surface area contributed by atoms with Gasteiger partial charge in [0.1, 0.15) is 22.2 Å². The first kappa shape index (κ1) is 24.4. The number of pyridine rings is 1. The number of anilines is 1. The van der Waals surface area contributed by atoms with E-state index in [4.69, 9.17) is 16.0 Å². The number of aryl methyl sites for hydroxylation is 1. The second-order valence-electron chi connectivity index (χ2n) is 8.44. The molecular formula is C24H19ClF2N6O4. The Labute approximate surface area is 211 Å². The molecule has 13 heteroatoms. The maximum atomic E-state index is 13.3. The Morgan fingerprint density at radius 3 is 2.65 bits per heavy atom. The number of aromatic nitrogens is 5. The third-order valence-corrected chi connectivity index (χ3v) is 6.03. The van der Waals surface area contributed by atoms with Crippen molar-refractivity contribution in [2.75, 3.05) is 5.32 Å². The van der Waals surface area contributed by atoms with Gasteiger partial charge in [-0.2, -0.15) is 13.9 Å². The Bertz CT molecular complexity index is 1760. The molecule has 4 heterocycles. The van der Waals surface area contributed by atoms with Crippen LogP contribution >= 0.6 is 11.6 Å². The summed E-state index contributed by atoms with van der Waals surface area (Å²) in [6, 6.07) is 6.34. The number of halogens is 3. The van der Waals surface area contributed by atoms with Crippen LogP contribution in [0, 0.1) is 13.8 Å². The maximum absolute atomic E-state index is 13.3. The number of aromatic amines is 1. The summed E-state index contributed by atoms with van der Waals surface area (Å²) in [7, 11) is 0. The Morgan fingerprint density at radius 1 is 1.19 bits per heavy atom. The SMILES string of the molecule is Cc1cc(C(C)Nc2ccc(Cl)nc2-c2noc(=O)[nH]2)c2oc(-c3cnn(C(F)F)c3)c(C)c(=O)c2c1. The van der Waals surface area contributed by atoms with Crippen molar-refractivity contribution in [1.29, 1.82) is 0 Å². The van der Waals surface area contributed by atoms with E-state index in [-0.39, 0.29) is 39.0 Å². The molecule has 0 saturated carbocycles. The molecule has 0 spiro atoms. The molecule has 1 unspecified atom stereocenters. The van der Waals surface area contributed by atoms with E-state index in [1.807, 2.05) is 19.9 Å². The zero-order valence-electron chi connectivity index (χ0n) is 19.7. The van der Waals surface area contributed by atoms with Crippen LogP contribution in [-0.2, 0) is 0 Å². The van der Waals surface area contributed by atoms with Crippen LogP contribution < -0.4 is 16.5 Å². The predicted molar refractivity (Wildman–Crippen MR) is 132 cm³/mol. The molecule has 5 rings (SSSR count). The smallest absolute Gasteiger partial charge is 0.439 e. The Balaban J connectivity index is 1.63. The molecule has 190 valence electrons. The molecular weight excluding hydrogens is 510 g/mol. The molecule has 37 heavy (non-hydrogen) atoms. The van der Waals surface area contributed by atoms with Crippen LogP contribution in [0.5, 0.6) is 0 Å². The molecule has 0 amide bonds. The average Bonchev–Trinajstić information content (AvgIpc) is 3.52. The van der Waals surface area contributed by atoms with Gasteiger partial charge in [0.15, 0.2) is 5.43 Å². The minimum absolute atomic E-state index is 0.0804. The van der Waals surface area contributed by atoms with Crippen molar-refractivity contribution in [1.82, 2.24) is 24.9 Å². The molecule has 4 aromatic heterocycles. The highest BCUT2D eigenvalue weighted by molar-refractivity contribution is 6.29. The van der Waals surface area contributed by atoms with Crippen LogP contribution in [0.25, 0.3) is 33.8 Å². The number of nitrogens with zero attached hydrogens (tertiary/aromatic N) is 4. The Kier molecular flexibility index (Phi) is 6.12. The van der Waals surface area contributed by atoms with Gasteiger partial charge >= 0.3 is 12.3 Å². The van der Waals surface area contributed by atoms with E-state index in [0.29, 0.717) is 26.9 Å². The second kappa shape index (κ2) is 9.28. The summed E-state index contributed by atoms with van der Waals surface area (Å²) in [6.45, 7) is 2.44. The van der Waals surface area contributed by atoms with Gasteiger partial charge in [-0.15, -0.1) is 0 Å². The first-order chi connectivity index (χ1) is 17.6. The number of fused-ring (bicyclic) bond motifs is 1. The van der Waals surface area contributed by atoms with Gasteiger partial charge in [0.05, 0.1) is 28.9 Å². The number of benzene rings is 1. The summed E-state index contributed by atoms with van der Waals surface area (Å²) in [5.41, 5.74) is 2.71. The van der Waals surface area contributed by atoms with Gasteiger partial charge < -0.3 is 9.73 Å². The minimum Gasteiger partial charge on any atom is -0.455 e. The molecule has 2 N–H and O–H groups in total. The summed E-state index contributed by atoms with van der Waals surface area (Å²) >= 11 is 6.06. The highest BCUT2D eigenvalue weighted by Gasteiger charge is 2.22. The van der Waals surface area contributed by atoms with E-state index in [9.17, 15) is 18.4 Å². The van der Waals surface area contributed by atoms with Crippen molar-refractivity contribution in [3.63, 3.8) is 0 Å². The van der Waals surface area contributed by atoms with Gasteiger partial charge in [0.2, 0.25) is 5.82 Å². The number of hydrogen-bond donors (Lipinski definition) is 2. The second-order valence-corrected chi connectivity index (χ2v) is 8.83. The van der Waals surface area contributed by atoms with E-state index < -0.39 is 18.3 Å². The number of rotatable bonds is 6. The van der Waals surface area contributed by atoms with Crippen molar-refractivity contribution in [3.05, 3.63) is 79.3 Å². The van der Waals surface area contributed by atoms with E-state index >= 15 is 0 Å². The van der Waals surface area contributed by atoms with Gasteiger partial charge in [-0.1, -0.05) is 22.8 Å². The molecule has 0 aliphatic carbocycles. The first-order valence-electron chi connectivity index (χ1n) is 11.0. The number of H-pyrrole nitrogens is 1. The minimum atomic E-state index is -2.83. The molecule has 5 aromatic rings. The number of alkyl halides is 2. The topological polar surface area (TPSA) is 132 Å². The normalized spacial score (nSPS) is 12.4. The van der Waals surface area contributed by atoms with Crippen LogP contribution in [-0.4, -0.2) is 24.9 Å². The summed E-state index contributed by atoms with van der Waals surface area (Å²) < 4.78 is 37.4. The largest absolute Gasteiger partial charge is 0.455 e. The zero-order chi connectivity index (χ0) is 26.4. The molecule has 1 atom stereocenters. The van der Waals surface area contributed by atoms with Gasteiger partial charge in [-0.3, -0.25) is 14.3 Å². The fourth-order valence-corrected chi connectivity index (χ4v) is 4.25. The summed E-state index contributed by atoms with van der Waals surface area (Å²) in [5, 5.41) is 11.2. The molecule has 10 nitrogen and oxygen atoms in total. The quantitative estimate of drug-likeness (QED) is 0.286. The van der Waals surface area contributed by atoms with Crippen LogP contribution in [0.3, 0.4) is 0 Å². The van der Waals surface area contributed by atoms with Gasteiger partial charge in [-0.25, -0.2) is 14.5 Å². The molecule has 0 aliphatic heterocycles. The highest BCUT2D eigenvalue weighted by Crippen LogP contribution is 2.34. The third kappa shape index (κ3) is 4.51. The third-order valence-electron chi connectivity index (χ3n) is 5.82. The maximum Gasteiger partial charge on any atom is 0.439 e. The lowest BCUT2D eigenvalue weighted by Crippen LogP contribution is -2.13. The van der Waals surface area contributed by atoms with Crippen LogP contribution in [0.15, 0.2) is 55.2 Å². The van der Waals surface area contributed by atoms with E-state index in [1.54, 1.807) is 25.1 Å². The lowest BCUT2D eigenvalue weighted by atomic mass is 9.99. The zero-order valence-corrected chi connectivity index (χ0v) is 20.4. The van der Waals surface area contributed by atoms with Crippen LogP contribution in [0.1, 0.15) is 36.2 Å². The predicted octanol–water partition coefficient (Wildman–Crippen LogP) is 5.23. The van der Waals surface area contributed by atoms with Crippen LogP contribution in [0.2, 0.25) is 5.15 Å². The van der Waals surface area contributed by atoms with Gasteiger partial charge in [-0.05, 0) is 44.5 Å². The molecule has 0 saturated heterocycles. The van der Waals surface area contributed by atoms with Crippen molar-refractivity contribution < 1.29 is 17.7 Å². The van der Waals surface area contributed by atoms with E-state index in [2.05, 4.69) is 30.1 Å².